The van der Waals surface area contributed by atoms with Gasteiger partial charge in [0.15, 0.2) is 41.5 Å². The van der Waals surface area contributed by atoms with Crippen molar-refractivity contribution in [3.8, 4) is 0 Å². The molecular formula is C22H22F2N5O8P. The van der Waals surface area contributed by atoms with Gasteiger partial charge in [0.05, 0.1) is 18.5 Å². The highest BCUT2D eigenvalue weighted by molar-refractivity contribution is 7.48. The fourth-order valence-electron chi connectivity index (χ4n) is 4.80. The average Bonchev–Trinajstić information content (AvgIpc) is 3.52. The van der Waals surface area contributed by atoms with E-state index in [9.17, 15) is 18.1 Å². The molecule has 6 atom stereocenters. The molecular weight excluding hydrogens is 531 g/mol. The topological polar surface area (TPSA) is 159 Å². The van der Waals surface area contributed by atoms with Crippen molar-refractivity contribution < 1.29 is 45.9 Å². The summed E-state index contributed by atoms with van der Waals surface area (Å²) in [5.74, 6) is -2.03. The second-order valence-electron chi connectivity index (χ2n) is 9.60. The first kappa shape index (κ1) is 25.1. The van der Waals surface area contributed by atoms with Crippen molar-refractivity contribution in [3.05, 3.63) is 48.1 Å². The van der Waals surface area contributed by atoms with Crippen LogP contribution in [-0.2, 0) is 32.3 Å². The molecule has 2 N–H and O–H groups in total. The van der Waals surface area contributed by atoms with Crippen molar-refractivity contribution in [2.75, 3.05) is 12.3 Å². The molecule has 202 valence electrons. The SMILES string of the molecule is CC1(C)C[C@@H](c2cccc(F)c2F)OP(=O)(OC[C@H]2O[C@@H](n3cnc4c(N)ncnc43)[C@@H]3OC(=O)O[C@@H]32)O1. The summed E-state index contributed by atoms with van der Waals surface area (Å²) in [5.41, 5.74) is 5.33. The van der Waals surface area contributed by atoms with Gasteiger partial charge in [-0.3, -0.25) is 18.1 Å². The number of aromatic nitrogens is 4. The number of phosphoric acid groups is 1. The van der Waals surface area contributed by atoms with Crippen LogP contribution in [0.2, 0.25) is 0 Å². The number of carbonyl (C=O) groups is 1. The van der Waals surface area contributed by atoms with E-state index in [4.69, 9.17) is 33.5 Å². The molecule has 0 radical (unpaired) electrons. The number of hydrogen-bond donors (Lipinski definition) is 1. The maximum atomic E-state index is 14.5. The number of halogens is 2. The van der Waals surface area contributed by atoms with E-state index in [1.54, 1.807) is 13.8 Å². The molecule has 3 saturated heterocycles. The third-order valence-electron chi connectivity index (χ3n) is 6.43. The summed E-state index contributed by atoms with van der Waals surface area (Å²) >= 11 is 0. The first-order chi connectivity index (χ1) is 18.0. The second kappa shape index (κ2) is 8.92. The Balaban J connectivity index is 1.23. The lowest BCUT2D eigenvalue weighted by Gasteiger charge is -2.39. The number of fused-ring (bicyclic) bond motifs is 2. The number of carbonyl (C=O) groups excluding carboxylic acids is 1. The number of ether oxygens (including phenoxy) is 3. The van der Waals surface area contributed by atoms with Crippen LogP contribution in [0.5, 0.6) is 0 Å². The Labute approximate surface area is 213 Å². The van der Waals surface area contributed by atoms with E-state index < -0.39 is 68.5 Å². The molecule has 0 saturated carbocycles. The highest BCUT2D eigenvalue weighted by Crippen LogP contribution is 2.62. The molecule has 2 aromatic heterocycles. The summed E-state index contributed by atoms with van der Waals surface area (Å²) in [4.78, 5) is 24.2. The predicted molar refractivity (Wildman–Crippen MR) is 122 cm³/mol. The van der Waals surface area contributed by atoms with Crippen LogP contribution in [0.4, 0.5) is 19.4 Å². The third kappa shape index (κ3) is 4.29. The van der Waals surface area contributed by atoms with E-state index in [1.807, 2.05) is 0 Å². The van der Waals surface area contributed by atoms with Crippen molar-refractivity contribution in [2.45, 2.75) is 56.5 Å². The number of phosphoric ester groups is 1. The molecule has 16 heteroatoms. The summed E-state index contributed by atoms with van der Waals surface area (Å²) in [6.07, 6.45) is -3.05. The number of hydrogen-bond acceptors (Lipinski definition) is 12. The van der Waals surface area contributed by atoms with Crippen LogP contribution in [0.15, 0.2) is 30.9 Å². The van der Waals surface area contributed by atoms with Gasteiger partial charge in [0.25, 0.3) is 0 Å². The summed E-state index contributed by atoms with van der Waals surface area (Å²) in [7, 11) is -4.33. The minimum atomic E-state index is -4.33. The molecule has 3 aromatic rings. The van der Waals surface area contributed by atoms with E-state index in [2.05, 4.69) is 15.0 Å². The van der Waals surface area contributed by atoms with Gasteiger partial charge in [-0.05, 0) is 19.9 Å². The smallest absolute Gasteiger partial charge is 0.424 e. The van der Waals surface area contributed by atoms with Gasteiger partial charge in [0.1, 0.15) is 24.1 Å². The van der Waals surface area contributed by atoms with Crippen LogP contribution < -0.4 is 5.73 Å². The minimum absolute atomic E-state index is 0.0809. The number of nitrogens with zero attached hydrogens (tertiary/aromatic N) is 4. The molecule has 1 aromatic carbocycles. The average molecular weight is 553 g/mol. The normalized spacial score (nSPS) is 32.2. The zero-order valence-electron chi connectivity index (χ0n) is 20.0. The van der Waals surface area contributed by atoms with Gasteiger partial charge in [-0.15, -0.1) is 0 Å². The zero-order valence-corrected chi connectivity index (χ0v) is 20.9. The summed E-state index contributed by atoms with van der Waals surface area (Å²) in [5, 5.41) is 0. The molecule has 0 amide bonds. The largest absolute Gasteiger partial charge is 0.509 e. The van der Waals surface area contributed by atoms with Crippen LogP contribution in [0.25, 0.3) is 11.2 Å². The van der Waals surface area contributed by atoms with Crippen molar-refractivity contribution in [1.82, 2.24) is 19.5 Å². The molecule has 6 rings (SSSR count). The summed E-state index contributed by atoms with van der Waals surface area (Å²) in [6.45, 7) is 2.83. The van der Waals surface area contributed by atoms with Crippen LogP contribution in [0, 0.1) is 11.6 Å². The summed E-state index contributed by atoms with van der Waals surface area (Å²) < 4.78 is 76.8. The van der Waals surface area contributed by atoms with Gasteiger partial charge in [0.2, 0.25) is 0 Å². The van der Waals surface area contributed by atoms with Crippen LogP contribution in [0.3, 0.4) is 0 Å². The molecule has 3 aliphatic heterocycles. The second-order valence-corrected chi connectivity index (χ2v) is 11.1. The molecule has 0 spiro atoms. The Morgan fingerprint density at radius 2 is 2.00 bits per heavy atom. The van der Waals surface area contributed by atoms with Crippen LogP contribution >= 0.6 is 7.82 Å². The number of nitrogens with two attached hydrogens (primary N) is 1. The van der Waals surface area contributed by atoms with Crippen LogP contribution in [-0.4, -0.2) is 56.2 Å². The molecule has 1 unspecified atom stereocenters. The quantitative estimate of drug-likeness (QED) is 0.362. The van der Waals surface area contributed by atoms with E-state index >= 15 is 0 Å². The number of anilines is 1. The number of rotatable bonds is 5. The Hall–Kier alpha value is -3.23. The zero-order chi connectivity index (χ0) is 26.8. The van der Waals surface area contributed by atoms with Gasteiger partial charge in [-0.2, -0.15) is 0 Å². The number of nitrogen functional groups attached to an aromatic ring is 1. The van der Waals surface area contributed by atoms with E-state index in [0.717, 1.165) is 6.07 Å². The fraction of sp³-hybridized carbons (Fsp3) is 0.455. The van der Waals surface area contributed by atoms with Crippen molar-refractivity contribution in [3.63, 3.8) is 0 Å². The molecule has 0 bridgehead atoms. The van der Waals surface area contributed by atoms with Gasteiger partial charge in [-0.25, -0.2) is 33.1 Å². The highest BCUT2D eigenvalue weighted by atomic mass is 31.2. The van der Waals surface area contributed by atoms with E-state index in [1.165, 1.54) is 29.4 Å². The molecule has 13 nitrogen and oxygen atoms in total. The lowest BCUT2D eigenvalue weighted by Crippen LogP contribution is -2.35. The maximum absolute atomic E-state index is 14.5. The Morgan fingerprint density at radius 1 is 1.21 bits per heavy atom. The standard InChI is InChI=1S/C22H22F2N5O8P/c1-22(2)6-12(10-4-3-5-11(23)14(10)24)36-38(31,37-22)32-7-13-16-17(35-21(30)34-16)20(33-13)29-9-28-15-18(25)26-8-27-19(15)29/h3-5,8-9,12-13,16-17,20H,6-7H2,1-2H3,(H2,25,26,27)/t12-,13+,16+,17+,20+,38?/m0/s1. The Bertz CT molecular complexity index is 1470. The molecule has 38 heavy (non-hydrogen) atoms. The molecule has 0 aliphatic carbocycles. The number of benzene rings is 1. The molecule has 5 heterocycles. The van der Waals surface area contributed by atoms with Gasteiger partial charge < -0.3 is 19.9 Å². The highest BCUT2D eigenvalue weighted by Gasteiger charge is 2.56. The maximum Gasteiger partial charge on any atom is 0.509 e. The van der Waals surface area contributed by atoms with Crippen LogP contribution in [0.1, 0.15) is 38.2 Å². The fourth-order valence-corrected chi connectivity index (χ4v) is 6.46. The van der Waals surface area contributed by atoms with Gasteiger partial charge in [-0.1, -0.05) is 12.1 Å². The Morgan fingerprint density at radius 3 is 2.82 bits per heavy atom. The van der Waals surface area contributed by atoms with E-state index in [0.29, 0.717) is 11.2 Å². The molecule has 3 fully saturated rings. The van der Waals surface area contributed by atoms with Gasteiger partial charge in [0, 0.05) is 12.0 Å². The van der Waals surface area contributed by atoms with Crippen molar-refractivity contribution in [2.24, 2.45) is 0 Å². The Kier molecular flexibility index (Phi) is 5.88. The third-order valence-corrected chi connectivity index (χ3v) is 8.12. The van der Waals surface area contributed by atoms with E-state index in [-0.39, 0.29) is 17.8 Å². The minimum Gasteiger partial charge on any atom is -0.424 e. The lowest BCUT2D eigenvalue weighted by atomic mass is 9.96. The molecule has 3 aliphatic rings. The predicted octanol–water partition coefficient (Wildman–Crippen LogP) is 3.57. The van der Waals surface area contributed by atoms with Crippen molar-refractivity contribution >= 4 is 31.0 Å². The summed E-state index contributed by atoms with van der Waals surface area (Å²) in [6, 6.07) is 3.63. The first-order valence-corrected chi connectivity index (χ1v) is 13.0. The van der Waals surface area contributed by atoms with Gasteiger partial charge >= 0.3 is 14.0 Å². The first-order valence-electron chi connectivity index (χ1n) is 11.6. The van der Waals surface area contributed by atoms with Crippen molar-refractivity contribution in [1.29, 1.82) is 0 Å². The number of imidazole rings is 1. The monoisotopic (exact) mass is 553 g/mol. The lowest BCUT2D eigenvalue weighted by molar-refractivity contribution is -0.0883.